The monoisotopic (exact) mass is 270 g/mol. The number of nitrogens with zero attached hydrogens (tertiary/aromatic N) is 3. The zero-order valence-corrected chi connectivity index (χ0v) is 10.1. The standard InChI is InChI=1S/C14H8F2N4/c15-10-5-4-9(6-11(10)16)20-12-3-1-2-8(7-17)13(12)19-14(20)18/h1-6H,(H2,18,19). The Hall–Kier alpha value is -2.94. The number of nitrogens with two attached hydrogens (primary N) is 1. The Morgan fingerprint density at radius 3 is 2.65 bits per heavy atom. The zero-order valence-electron chi connectivity index (χ0n) is 10.1. The average Bonchev–Trinajstić information content (AvgIpc) is 2.78. The number of rotatable bonds is 1. The molecule has 0 aliphatic carbocycles. The molecule has 0 bridgehead atoms. The van der Waals surface area contributed by atoms with Crippen LogP contribution in [0.4, 0.5) is 14.7 Å². The number of imidazole rings is 1. The second kappa shape index (κ2) is 4.31. The molecule has 0 radical (unpaired) electrons. The van der Waals surface area contributed by atoms with E-state index < -0.39 is 11.6 Å². The van der Waals surface area contributed by atoms with E-state index in [1.54, 1.807) is 18.2 Å². The van der Waals surface area contributed by atoms with Gasteiger partial charge in [0.2, 0.25) is 5.95 Å². The molecule has 0 saturated heterocycles. The molecule has 0 spiro atoms. The maximum absolute atomic E-state index is 13.3. The van der Waals surface area contributed by atoms with Gasteiger partial charge in [-0.2, -0.15) is 5.26 Å². The highest BCUT2D eigenvalue weighted by Crippen LogP contribution is 2.25. The fourth-order valence-corrected chi connectivity index (χ4v) is 2.10. The first-order valence-corrected chi connectivity index (χ1v) is 5.74. The van der Waals surface area contributed by atoms with Crippen molar-refractivity contribution >= 4 is 17.0 Å². The van der Waals surface area contributed by atoms with Crippen LogP contribution in [0.5, 0.6) is 0 Å². The molecule has 0 aliphatic heterocycles. The van der Waals surface area contributed by atoms with Crippen LogP contribution in [0.25, 0.3) is 16.7 Å². The summed E-state index contributed by atoms with van der Waals surface area (Å²) in [6.07, 6.45) is 0. The first kappa shape index (κ1) is 12.1. The molecule has 0 fully saturated rings. The van der Waals surface area contributed by atoms with E-state index in [0.29, 0.717) is 22.3 Å². The predicted octanol–water partition coefficient (Wildman–Crippen LogP) is 2.76. The number of para-hydroxylation sites is 1. The van der Waals surface area contributed by atoms with Crippen molar-refractivity contribution in [3.05, 3.63) is 53.6 Å². The number of halogens is 2. The third-order valence-electron chi connectivity index (χ3n) is 2.99. The molecule has 0 atom stereocenters. The molecular weight excluding hydrogens is 262 g/mol. The highest BCUT2D eigenvalue weighted by molar-refractivity contribution is 5.85. The van der Waals surface area contributed by atoms with Crippen molar-refractivity contribution in [1.82, 2.24) is 9.55 Å². The van der Waals surface area contributed by atoms with Crippen LogP contribution >= 0.6 is 0 Å². The second-order valence-electron chi connectivity index (χ2n) is 4.19. The van der Waals surface area contributed by atoms with E-state index in [-0.39, 0.29) is 5.95 Å². The molecule has 98 valence electrons. The number of benzene rings is 2. The maximum Gasteiger partial charge on any atom is 0.205 e. The third-order valence-corrected chi connectivity index (χ3v) is 2.99. The minimum absolute atomic E-state index is 0.105. The molecule has 2 N–H and O–H groups in total. The first-order valence-electron chi connectivity index (χ1n) is 5.74. The fourth-order valence-electron chi connectivity index (χ4n) is 2.10. The predicted molar refractivity (Wildman–Crippen MR) is 70.1 cm³/mol. The first-order chi connectivity index (χ1) is 9.61. The Morgan fingerprint density at radius 2 is 1.95 bits per heavy atom. The van der Waals surface area contributed by atoms with Crippen LogP contribution in [-0.2, 0) is 0 Å². The summed E-state index contributed by atoms with van der Waals surface area (Å²) in [6.45, 7) is 0. The fraction of sp³-hybridized carbons (Fsp3) is 0. The zero-order chi connectivity index (χ0) is 14.3. The number of fused-ring (bicyclic) bond motifs is 1. The molecule has 4 nitrogen and oxygen atoms in total. The molecule has 1 aromatic heterocycles. The minimum Gasteiger partial charge on any atom is -0.369 e. The molecule has 6 heteroatoms. The van der Waals surface area contributed by atoms with Crippen LogP contribution in [0.2, 0.25) is 0 Å². The summed E-state index contributed by atoms with van der Waals surface area (Å²) in [5.74, 6) is -1.80. The van der Waals surface area contributed by atoms with Gasteiger partial charge in [-0.15, -0.1) is 0 Å². The van der Waals surface area contributed by atoms with Crippen LogP contribution in [0.3, 0.4) is 0 Å². The topological polar surface area (TPSA) is 67.6 Å². The number of hydrogen-bond donors (Lipinski definition) is 1. The van der Waals surface area contributed by atoms with Crippen molar-refractivity contribution in [3.8, 4) is 11.8 Å². The summed E-state index contributed by atoms with van der Waals surface area (Å²) in [5, 5.41) is 9.04. The van der Waals surface area contributed by atoms with Crippen molar-refractivity contribution in [3.63, 3.8) is 0 Å². The minimum atomic E-state index is -0.972. The van der Waals surface area contributed by atoms with Crippen molar-refractivity contribution in [2.45, 2.75) is 0 Å². The lowest BCUT2D eigenvalue weighted by Gasteiger charge is -2.06. The third kappa shape index (κ3) is 1.68. The SMILES string of the molecule is N#Cc1cccc2c1nc(N)n2-c1ccc(F)c(F)c1. The summed E-state index contributed by atoms with van der Waals surface area (Å²) < 4.78 is 27.8. The van der Waals surface area contributed by atoms with Crippen molar-refractivity contribution in [1.29, 1.82) is 5.26 Å². The Morgan fingerprint density at radius 1 is 1.15 bits per heavy atom. The average molecular weight is 270 g/mol. The lowest BCUT2D eigenvalue weighted by atomic mass is 10.2. The van der Waals surface area contributed by atoms with Gasteiger partial charge in [-0.3, -0.25) is 4.57 Å². The highest BCUT2D eigenvalue weighted by Gasteiger charge is 2.14. The lowest BCUT2D eigenvalue weighted by molar-refractivity contribution is 0.508. The summed E-state index contributed by atoms with van der Waals surface area (Å²) >= 11 is 0. The number of hydrogen-bond acceptors (Lipinski definition) is 3. The van der Waals surface area contributed by atoms with Crippen LogP contribution in [0.1, 0.15) is 5.56 Å². The maximum atomic E-state index is 13.3. The van der Waals surface area contributed by atoms with Gasteiger partial charge in [-0.25, -0.2) is 13.8 Å². The van der Waals surface area contributed by atoms with Gasteiger partial charge in [0.1, 0.15) is 11.6 Å². The van der Waals surface area contributed by atoms with E-state index in [9.17, 15) is 8.78 Å². The van der Waals surface area contributed by atoms with Gasteiger partial charge in [0.25, 0.3) is 0 Å². The molecule has 0 unspecified atom stereocenters. The van der Waals surface area contributed by atoms with E-state index in [1.807, 2.05) is 6.07 Å². The summed E-state index contributed by atoms with van der Waals surface area (Å²) in [4.78, 5) is 4.11. The second-order valence-corrected chi connectivity index (χ2v) is 4.19. The van der Waals surface area contributed by atoms with Gasteiger partial charge >= 0.3 is 0 Å². The molecule has 1 heterocycles. The molecule has 0 amide bonds. The lowest BCUT2D eigenvalue weighted by Crippen LogP contribution is -2.01. The summed E-state index contributed by atoms with van der Waals surface area (Å²) in [5.41, 5.74) is 7.53. The van der Waals surface area contributed by atoms with Crippen molar-refractivity contribution < 1.29 is 8.78 Å². The van der Waals surface area contributed by atoms with E-state index in [1.165, 1.54) is 10.6 Å². The Bertz CT molecular complexity index is 861. The van der Waals surface area contributed by atoms with E-state index in [4.69, 9.17) is 11.0 Å². The quantitative estimate of drug-likeness (QED) is 0.739. The van der Waals surface area contributed by atoms with E-state index in [2.05, 4.69) is 4.98 Å². The molecule has 3 rings (SSSR count). The Balaban J connectivity index is 2.34. The number of anilines is 1. The van der Waals surface area contributed by atoms with Gasteiger partial charge in [0.05, 0.1) is 16.8 Å². The van der Waals surface area contributed by atoms with Gasteiger partial charge in [0.15, 0.2) is 11.6 Å². The summed E-state index contributed by atoms with van der Waals surface area (Å²) in [6, 6.07) is 10.5. The Kier molecular flexibility index (Phi) is 2.61. The van der Waals surface area contributed by atoms with Crippen LogP contribution < -0.4 is 5.73 Å². The summed E-state index contributed by atoms with van der Waals surface area (Å²) in [7, 11) is 0. The highest BCUT2D eigenvalue weighted by atomic mass is 19.2. The number of aromatic nitrogens is 2. The Labute approximate surface area is 112 Å². The smallest absolute Gasteiger partial charge is 0.205 e. The number of nitriles is 1. The van der Waals surface area contributed by atoms with Crippen LogP contribution in [-0.4, -0.2) is 9.55 Å². The van der Waals surface area contributed by atoms with Gasteiger partial charge in [-0.05, 0) is 24.3 Å². The van der Waals surface area contributed by atoms with Crippen molar-refractivity contribution in [2.24, 2.45) is 0 Å². The van der Waals surface area contributed by atoms with Gasteiger partial charge in [-0.1, -0.05) is 6.07 Å². The largest absolute Gasteiger partial charge is 0.369 e. The van der Waals surface area contributed by atoms with Gasteiger partial charge in [0, 0.05) is 6.07 Å². The van der Waals surface area contributed by atoms with E-state index >= 15 is 0 Å². The number of nitrogen functional groups attached to an aromatic ring is 1. The van der Waals surface area contributed by atoms with E-state index in [0.717, 1.165) is 12.1 Å². The van der Waals surface area contributed by atoms with Gasteiger partial charge < -0.3 is 5.73 Å². The molecule has 3 aromatic rings. The normalized spacial score (nSPS) is 10.7. The molecular formula is C14H8F2N4. The molecule has 2 aromatic carbocycles. The molecule has 0 saturated carbocycles. The van der Waals surface area contributed by atoms with Crippen molar-refractivity contribution in [2.75, 3.05) is 5.73 Å². The molecule has 0 aliphatic rings. The van der Waals surface area contributed by atoms with Crippen LogP contribution in [0, 0.1) is 23.0 Å². The molecule has 20 heavy (non-hydrogen) atoms. The van der Waals surface area contributed by atoms with Crippen LogP contribution in [0.15, 0.2) is 36.4 Å².